The van der Waals surface area contributed by atoms with Gasteiger partial charge in [0.2, 0.25) is 0 Å². The first kappa shape index (κ1) is 19.6. The molecule has 0 saturated heterocycles. The number of pyridine rings is 1. The molecule has 1 N–H and O–H groups in total. The predicted molar refractivity (Wildman–Crippen MR) is 110 cm³/mol. The smallest absolute Gasteiger partial charge is 0.341 e. The molecule has 0 saturated carbocycles. The van der Waals surface area contributed by atoms with Gasteiger partial charge in [-0.3, -0.25) is 0 Å². The molecule has 0 bridgehead atoms. The average Bonchev–Trinajstić information content (AvgIpc) is 3.02. The van der Waals surface area contributed by atoms with Crippen LogP contribution in [0, 0.1) is 6.92 Å². The van der Waals surface area contributed by atoms with Crippen LogP contribution in [0.2, 0.25) is 5.02 Å². The van der Waals surface area contributed by atoms with Crippen molar-refractivity contribution in [3.63, 3.8) is 0 Å². The molecule has 0 spiro atoms. The van der Waals surface area contributed by atoms with Crippen LogP contribution in [0.5, 0.6) is 11.5 Å². The second kappa shape index (κ2) is 8.69. The fraction of sp³-hybridized carbons (Fsp3) is 0.167. The molecule has 9 heteroatoms. The molecule has 3 aromatic rings. The maximum Gasteiger partial charge on any atom is 0.341 e. The van der Waals surface area contributed by atoms with E-state index in [1.165, 1.54) is 11.3 Å². The molecule has 0 aliphatic heterocycles. The minimum absolute atomic E-state index is 0.259. The van der Waals surface area contributed by atoms with Crippen LogP contribution in [0.4, 0.5) is 10.9 Å². The van der Waals surface area contributed by atoms with Crippen LogP contribution in [0.25, 0.3) is 0 Å². The largest absolute Gasteiger partial charge is 0.462 e. The maximum absolute atomic E-state index is 12.2. The molecule has 2 heterocycles. The van der Waals surface area contributed by atoms with Gasteiger partial charge >= 0.3 is 5.97 Å². The zero-order chi connectivity index (χ0) is 19.4. The van der Waals surface area contributed by atoms with E-state index in [2.05, 4.69) is 31.2 Å². The van der Waals surface area contributed by atoms with Gasteiger partial charge < -0.3 is 14.8 Å². The second-order valence-corrected chi connectivity index (χ2v) is 7.59. The van der Waals surface area contributed by atoms with E-state index in [1.54, 1.807) is 37.4 Å². The summed E-state index contributed by atoms with van der Waals surface area (Å²) in [7, 11) is 0. The number of nitrogens with zero attached hydrogens (tertiary/aromatic N) is 2. The highest BCUT2D eigenvalue weighted by Gasteiger charge is 2.17. The molecule has 0 radical (unpaired) electrons. The molecule has 0 atom stereocenters. The van der Waals surface area contributed by atoms with Crippen LogP contribution in [-0.2, 0) is 4.74 Å². The maximum atomic E-state index is 12.2. The molecule has 1 aromatic carbocycles. The first-order chi connectivity index (χ1) is 13.0. The Kier molecular flexibility index (Phi) is 6.30. The number of carbonyl (C=O) groups excluding carboxylic acids is 1. The van der Waals surface area contributed by atoms with Gasteiger partial charge in [0, 0.05) is 33.2 Å². The van der Waals surface area contributed by atoms with E-state index in [0.717, 1.165) is 10.2 Å². The van der Waals surface area contributed by atoms with Crippen molar-refractivity contribution in [3.8, 4) is 11.5 Å². The van der Waals surface area contributed by atoms with Gasteiger partial charge in [-0.05, 0) is 41.9 Å². The lowest BCUT2D eigenvalue weighted by Gasteiger charge is -2.14. The van der Waals surface area contributed by atoms with Gasteiger partial charge in [-0.1, -0.05) is 11.6 Å². The molecule has 0 unspecified atom stereocenters. The van der Waals surface area contributed by atoms with Crippen molar-refractivity contribution in [2.75, 3.05) is 11.9 Å². The number of esters is 1. The van der Waals surface area contributed by atoms with Crippen molar-refractivity contribution in [2.24, 2.45) is 0 Å². The summed E-state index contributed by atoms with van der Waals surface area (Å²) < 4.78 is 11.8. The van der Waals surface area contributed by atoms with Crippen LogP contribution >= 0.6 is 38.9 Å². The van der Waals surface area contributed by atoms with Crippen LogP contribution in [0.1, 0.15) is 23.0 Å². The van der Waals surface area contributed by atoms with Crippen molar-refractivity contribution in [2.45, 2.75) is 13.8 Å². The monoisotopic (exact) mass is 467 g/mol. The fourth-order valence-corrected chi connectivity index (χ4v) is 3.34. The Morgan fingerprint density at radius 3 is 2.85 bits per heavy atom. The molecule has 0 amide bonds. The lowest BCUT2D eigenvalue weighted by molar-refractivity contribution is 0.0523. The van der Waals surface area contributed by atoms with Gasteiger partial charge in [-0.25, -0.2) is 14.8 Å². The topological polar surface area (TPSA) is 73.3 Å². The molecule has 0 aliphatic rings. The lowest BCUT2D eigenvalue weighted by Crippen LogP contribution is -2.07. The number of ether oxygens (including phenoxy) is 2. The molecule has 140 valence electrons. The Balaban J connectivity index is 1.96. The van der Waals surface area contributed by atoms with Gasteiger partial charge in [0.15, 0.2) is 16.7 Å². The third kappa shape index (κ3) is 4.97. The standard InChI is InChI=1S/C18H15BrClN3O3S/c1-3-25-17(24)13-5-4-12(20)7-14(13)26-15-6-11(19)8-21-16(15)23-18-22-10(2)9-27-18/h4-9H,3H2,1-2H3,(H,21,22,23). The van der Waals surface area contributed by atoms with Crippen LogP contribution in [0.3, 0.4) is 0 Å². The van der Waals surface area contributed by atoms with Gasteiger partial charge in [-0.15, -0.1) is 11.3 Å². The summed E-state index contributed by atoms with van der Waals surface area (Å²) in [6.07, 6.45) is 1.64. The fourth-order valence-electron chi connectivity index (χ4n) is 2.18. The van der Waals surface area contributed by atoms with E-state index in [9.17, 15) is 4.79 Å². The minimum atomic E-state index is -0.489. The Morgan fingerprint density at radius 2 is 2.15 bits per heavy atom. The number of benzene rings is 1. The van der Waals surface area contributed by atoms with Gasteiger partial charge in [-0.2, -0.15) is 0 Å². The number of carbonyl (C=O) groups is 1. The SMILES string of the molecule is CCOC(=O)c1ccc(Cl)cc1Oc1cc(Br)cnc1Nc1nc(C)cs1. The van der Waals surface area contributed by atoms with Crippen molar-refractivity contribution < 1.29 is 14.3 Å². The summed E-state index contributed by atoms with van der Waals surface area (Å²) in [5.41, 5.74) is 1.18. The second-order valence-electron chi connectivity index (χ2n) is 5.38. The minimum Gasteiger partial charge on any atom is -0.462 e. The third-order valence-electron chi connectivity index (χ3n) is 3.32. The zero-order valence-corrected chi connectivity index (χ0v) is 17.6. The van der Waals surface area contributed by atoms with Gasteiger partial charge in [0.1, 0.15) is 11.3 Å². The normalized spacial score (nSPS) is 10.5. The average molecular weight is 469 g/mol. The number of hydrogen-bond acceptors (Lipinski definition) is 7. The first-order valence-electron chi connectivity index (χ1n) is 7.95. The summed E-state index contributed by atoms with van der Waals surface area (Å²) >= 11 is 10.9. The van der Waals surface area contributed by atoms with Crippen molar-refractivity contribution in [1.82, 2.24) is 9.97 Å². The van der Waals surface area contributed by atoms with Crippen molar-refractivity contribution in [3.05, 3.63) is 56.6 Å². The van der Waals surface area contributed by atoms with E-state index >= 15 is 0 Å². The number of nitrogens with one attached hydrogen (secondary N) is 1. The number of aromatic nitrogens is 2. The summed E-state index contributed by atoms with van der Waals surface area (Å²) in [4.78, 5) is 20.9. The van der Waals surface area contributed by atoms with Crippen molar-refractivity contribution in [1.29, 1.82) is 0 Å². The summed E-state index contributed by atoms with van der Waals surface area (Å²) in [6.45, 7) is 3.91. The van der Waals surface area contributed by atoms with Gasteiger partial charge in [0.05, 0.1) is 12.3 Å². The Hall–Kier alpha value is -2.16. The summed E-state index contributed by atoms with van der Waals surface area (Å²) in [5.74, 6) is 0.656. The summed E-state index contributed by atoms with van der Waals surface area (Å²) in [6, 6.07) is 6.48. The van der Waals surface area contributed by atoms with Crippen molar-refractivity contribution >= 4 is 55.8 Å². The molecule has 2 aromatic heterocycles. The highest BCUT2D eigenvalue weighted by Crippen LogP contribution is 2.35. The van der Waals surface area contributed by atoms with Crippen LogP contribution in [-0.4, -0.2) is 22.5 Å². The Morgan fingerprint density at radius 1 is 1.33 bits per heavy atom. The van der Waals surface area contributed by atoms with Crippen LogP contribution < -0.4 is 10.1 Å². The number of rotatable bonds is 6. The molecule has 3 rings (SSSR count). The Bertz CT molecular complexity index is 980. The van der Waals surface area contributed by atoms with E-state index in [0.29, 0.717) is 21.7 Å². The predicted octanol–water partition coefficient (Wildman–Crippen LogP) is 5.98. The molecule has 0 fully saturated rings. The third-order valence-corrected chi connectivity index (χ3v) is 4.87. The quantitative estimate of drug-likeness (QED) is 0.449. The van der Waals surface area contributed by atoms with Gasteiger partial charge in [0.25, 0.3) is 0 Å². The first-order valence-corrected chi connectivity index (χ1v) is 10.0. The van der Waals surface area contributed by atoms with E-state index in [1.807, 2.05) is 12.3 Å². The van der Waals surface area contributed by atoms with E-state index in [-0.39, 0.29) is 17.9 Å². The molecule has 6 nitrogen and oxygen atoms in total. The number of halogens is 2. The lowest BCUT2D eigenvalue weighted by atomic mass is 10.2. The number of aryl methyl sites for hydroxylation is 1. The molecule has 27 heavy (non-hydrogen) atoms. The molecule has 0 aliphatic carbocycles. The molecular formula is C18H15BrClN3O3S. The van der Waals surface area contributed by atoms with E-state index < -0.39 is 5.97 Å². The Labute approximate surface area is 173 Å². The molecular weight excluding hydrogens is 454 g/mol. The van der Waals surface area contributed by atoms with Crippen LogP contribution in [0.15, 0.2) is 40.3 Å². The van der Waals surface area contributed by atoms with E-state index in [4.69, 9.17) is 21.1 Å². The number of anilines is 2. The zero-order valence-electron chi connectivity index (χ0n) is 14.5. The summed E-state index contributed by atoms with van der Waals surface area (Å²) in [5, 5.41) is 6.18. The highest BCUT2D eigenvalue weighted by atomic mass is 79.9. The number of hydrogen-bond donors (Lipinski definition) is 1. The number of thiazole rings is 1. The highest BCUT2D eigenvalue weighted by molar-refractivity contribution is 9.10.